The van der Waals surface area contributed by atoms with Gasteiger partial charge in [0.05, 0.1) is 18.9 Å². The summed E-state index contributed by atoms with van der Waals surface area (Å²) in [6.07, 6.45) is 7.47. The monoisotopic (exact) mass is 378 g/mol. The van der Waals surface area contributed by atoms with Crippen molar-refractivity contribution in [1.29, 1.82) is 0 Å². The van der Waals surface area contributed by atoms with Gasteiger partial charge in [0.25, 0.3) is 0 Å². The Kier molecular flexibility index (Phi) is 8.12. The standard InChI is InChI=1S/C21H38N4O2/c1-4-25-18(2)20(14-22-25)16-24(17-21-6-5-12-27-21)15-19-7-9-23(10-8-19)11-13-26-3/h14,19,21H,4-13,15-17H2,1-3H3. The summed E-state index contributed by atoms with van der Waals surface area (Å²) in [6, 6.07) is 0. The maximum absolute atomic E-state index is 5.94. The van der Waals surface area contributed by atoms with E-state index < -0.39 is 0 Å². The number of hydrogen-bond acceptors (Lipinski definition) is 5. The molecule has 0 amide bonds. The van der Waals surface area contributed by atoms with Crippen molar-refractivity contribution >= 4 is 0 Å². The number of rotatable bonds is 10. The second-order valence-electron chi connectivity index (χ2n) is 8.18. The Hall–Kier alpha value is -0.950. The third kappa shape index (κ3) is 6.01. The molecule has 0 spiro atoms. The highest BCUT2D eigenvalue weighted by Crippen LogP contribution is 2.22. The zero-order chi connectivity index (χ0) is 19.1. The second-order valence-corrected chi connectivity index (χ2v) is 8.18. The molecule has 0 radical (unpaired) electrons. The van der Waals surface area contributed by atoms with E-state index in [4.69, 9.17) is 9.47 Å². The smallest absolute Gasteiger partial charge is 0.0702 e. The fourth-order valence-electron chi connectivity index (χ4n) is 4.46. The van der Waals surface area contributed by atoms with Crippen LogP contribution in [0.1, 0.15) is 43.9 Å². The lowest BCUT2D eigenvalue weighted by Crippen LogP contribution is -2.41. The first-order chi connectivity index (χ1) is 13.2. The SMILES string of the molecule is CCn1ncc(CN(CC2CCN(CCOC)CC2)CC2CCCO2)c1C. The molecule has 0 N–H and O–H groups in total. The highest BCUT2D eigenvalue weighted by molar-refractivity contribution is 5.16. The van der Waals surface area contributed by atoms with Crippen molar-refractivity contribution in [2.75, 3.05) is 53.0 Å². The molecule has 1 unspecified atom stereocenters. The number of hydrogen-bond donors (Lipinski definition) is 0. The van der Waals surface area contributed by atoms with Gasteiger partial charge in [0.15, 0.2) is 0 Å². The van der Waals surface area contributed by atoms with E-state index in [0.717, 1.165) is 45.3 Å². The largest absolute Gasteiger partial charge is 0.383 e. The lowest BCUT2D eigenvalue weighted by atomic mass is 9.95. The Morgan fingerprint density at radius 1 is 1.26 bits per heavy atom. The molecule has 1 aromatic rings. The molecule has 0 saturated carbocycles. The number of nitrogens with zero attached hydrogens (tertiary/aromatic N) is 4. The van der Waals surface area contributed by atoms with Crippen LogP contribution in [0.2, 0.25) is 0 Å². The third-order valence-electron chi connectivity index (χ3n) is 6.22. The Balaban J connectivity index is 1.56. The van der Waals surface area contributed by atoms with Crippen LogP contribution in [-0.4, -0.2) is 78.7 Å². The Morgan fingerprint density at radius 2 is 2.07 bits per heavy atom. The molecular formula is C21H38N4O2. The van der Waals surface area contributed by atoms with E-state index in [1.165, 1.54) is 56.6 Å². The molecule has 1 aromatic heterocycles. The van der Waals surface area contributed by atoms with Gasteiger partial charge in [0.2, 0.25) is 0 Å². The van der Waals surface area contributed by atoms with Crippen LogP contribution in [0.3, 0.4) is 0 Å². The molecule has 0 aliphatic carbocycles. The summed E-state index contributed by atoms with van der Waals surface area (Å²) in [5, 5.41) is 4.54. The van der Waals surface area contributed by atoms with Crippen molar-refractivity contribution in [3.8, 4) is 0 Å². The molecule has 27 heavy (non-hydrogen) atoms. The lowest BCUT2D eigenvalue weighted by Gasteiger charge is -2.35. The molecular weight excluding hydrogens is 340 g/mol. The maximum atomic E-state index is 5.94. The molecule has 2 aliphatic rings. The van der Waals surface area contributed by atoms with Crippen LogP contribution < -0.4 is 0 Å². The summed E-state index contributed by atoms with van der Waals surface area (Å²) in [4.78, 5) is 5.18. The van der Waals surface area contributed by atoms with E-state index in [1.54, 1.807) is 7.11 Å². The van der Waals surface area contributed by atoms with E-state index in [2.05, 4.69) is 39.6 Å². The maximum Gasteiger partial charge on any atom is 0.0702 e. The van der Waals surface area contributed by atoms with Gasteiger partial charge in [-0.25, -0.2) is 0 Å². The van der Waals surface area contributed by atoms with Gasteiger partial charge in [0, 0.05) is 57.7 Å². The van der Waals surface area contributed by atoms with Gasteiger partial charge < -0.3 is 14.4 Å². The first-order valence-corrected chi connectivity index (χ1v) is 10.8. The van der Waals surface area contributed by atoms with Gasteiger partial charge in [-0.15, -0.1) is 0 Å². The van der Waals surface area contributed by atoms with E-state index in [-0.39, 0.29) is 0 Å². The van der Waals surface area contributed by atoms with Gasteiger partial charge in [0.1, 0.15) is 0 Å². The Morgan fingerprint density at radius 3 is 2.70 bits per heavy atom. The van der Waals surface area contributed by atoms with Crippen molar-refractivity contribution in [3.05, 3.63) is 17.5 Å². The average molecular weight is 379 g/mol. The summed E-state index contributed by atoms with van der Waals surface area (Å²) in [7, 11) is 1.79. The fourth-order valence-corrected chi connectivity index (χ4v) is 4.46. The summed E-state index contributed by atoms with van der Waals surface area (Å²) in [5.41, 5.74) is 2.68. The molecule has 0 aromatic carbocycles. The highest BCUT2D eigenvalue weighted by atomic mass is 16.5. The van der Waals surface area contributed by atoms with E-state index >= 15 is 0 Å². The molecule has 2 aliphatic heterocycles. The number of aromatic nitrogens is 2. The van der Waals surface area contributed by atoms with Gasteiger partial charge in [-0.2, -0.15) is 5.10 Å². The van der Waals surface area contributed by atoms with Crippen LogP contribution in [0.4, 0.5) is 0 Å². The first-order valence-electron chi connectivity index (χ1n) is 10.8. The van der Waals surface area contributed by atoms with Gasteiger partial charge >= 0.3 is 0 Å². The zero-order valence-corrected chi connectivity index (χ0v) is 17.5. The van der Waals surface area contributed by atoms with E-state index in [1.807, 2.05) is 0 Å². The van der Waals surface area contributed by atoms with Crippen LogP contribution in [0.25, 0.3) is 0 Å². The zero-order valence-electron chi connectivity index (χ0n) is 17.5. The number of piperidine rings is 1. The van der Waals surface area contributed by atoms with Gasteiger partial charge in [-0.05, 0) is 58.5 Å². The third-order valence-corrected chi connectivity index (χ3v) is 6.22. The van der Waals surface area contributed by atoms with Crippen molar-refractivity contribution in [3.63, 3.8) is 0 Å². The topological polar surface area (TPSA) is 42.8 Å². The molecule has 6 heteroatoms. The second kappa shape index (κ2) is 10.6. The predicted molar refractivity (Wildman–Crippen MR) is 108 cm³/mol. The fraction of sp³-hybridized carbons (Fsp3) is 0.857. The molecule has 6 nitrogen and oxygen atoms in total. The number of aryl methyl sites for hydroxylation is 1. The Bertz CT molecular complexity index is 548. The number of methoxy groups -OCH3 is 1. The van der Waals surface area contributed by atoms with Gasteiger partial charge in [-0.1, -0.05) is 0 Å². The van der Waals surface area contributed by atoms with E-state index in [9.17, 15) is 0 Å². The number of likely N-dealkylation sites (tertiary alicyclic amines) is 1. The van der Waals surface area contributed by atoms with Crippen molar-refractivity contribution in [2.24, 2.45) is 5.92 Å². The van der Waals surface area contributed by atoms with E-state index in [0.29, 0.717) is 6.10 Å². The van der Waals surface area contributed by atoms with Gasteiger partial charge in [-0.3, -0.25) is 9.58 Å². The molecule has 3 rings (SSSR count). The summed E-state index contributed by atoms with van der Waals surface area (Å²) >= 11 is 0. The average Bonchev–Trinajstić information content (AvgIpc) is 3.31. The lowest BCUT2D eigenvalue weighted by molar-refractivity contribution is 0.0551. The predicted octanol–water partition coefficient (Wildman–Crippen LogP) is 2.55. The molecule has 1 atom stereocenters. The van der Waals surface area contributed by atoms with Crippen LogP contribution in [-0.2, 0) is 22.6 Å². The summed E-state index contributed by atoms with van der Waals surface area (Å²) in [6.45, 7) is 13.8. The van der Waals surface area contributed by atoms with Crippen LogP contribution in [0.15, 0.2) is 6.20 Å². The molecule has 0 bridgehead atoms. The van der Waals surface area contributed by atoms with Crippen molar-refractivity contribution in [2.45, 2.75) is 58.7 Å². The summed E-state index contributed by atoms with van der Waals surface area (Å²) in [5.74, 6) is 0.784. The minimum absolute atomic E-state index is 0.410. The van der Waals surface area contributed by atoms with Crippen LogP contribution >= 0.6 is 0 Å². The minimum atomic E-state index is 0.410. The molecule has 2 fully saturated rings. The molecule has 154 valence electrons. The summed E-state index contributed by atoms with van der Waals surface area (Å²) < 4.78 is 13.3. The highest BCUT2D eigenvalue weighted by Gasteiger charge is 2.25. The van der Waals surface area contributed by atoms with Crippen LogP contribution in [0, 0.1) is 12.8 Å². The van der Waals surface area contributed by atoms with Crippen molar-refractivity contribution < 1.29 is 9.47 Å². The van der Waals surface area contributed by atoms with Crippen LogP contribution in [0.5, 0.6) is 0 Å². The molecule has 2 saturated heterocycles. The minimum Gasteiger partial charge on any atom is -0.383 e. The number of ether oxygens (including phenoxy) is 2. The first kappa shape index (κ1) is 20.8. The quantitative estimate of drug-likeness (QED) is 0.626. The van der Waals surface area contributed by atoms with Crippen molar-refractivity contribution in [1.82, 2.24) is 19.6 Å². The normalized spacial score (nSPS) is 22.1. The Labute approximate surface area is 164 Å². The molecule has 3 heterocycles.